The molecule has 0 unspecified atom stereocenters. The van der Waals surface area contributed by atoms with Crippen LogP contribution in [0.5, 0.6) is 0 Å². The van der Waals surface area contributed by atoms with E-state index in [0.717, 1.165) is 60.2 Å². The summed E-state index contributed by atoms with van der Waals surface area (Å²) in [5.74, 6) is -0.0871. The van der Waals surface area contributed by atoms with Crippen molar-refractivity contribution in [2.24, 2.45) is 0 Å². The molecule has 0 aliphatic carbocycles. The number of fused-ring (bicyclic) bond motifs is 1. The number of rotatable bonds is 7. The van der Waals surface area contributed by atoms with Gasteiger partial charge in [-0.3, -0.25) is 14.6 Å². The maximum absolute atomic E-state index is 13.1. The van der Waals surface area contributed by atoms with Gasteiger partial charge in [0.15, 0.2) is 5.13 Å². The first-order chi connectivity index (χ1) is 14.7. The second kappa shape index (κ2) is 10.2. The Kier molecular flexibility index (Phi) is 7.12. The van der Waals surface area contributed by atoms with E-state index >= 15 is 0 Å². The molecule has 156 valence electrons. The topological polar surface area (TPSA) is 45.7 Å². The normalized spacial score (nSPS) is 15.1. The van der Waals surface area contributed by atoms with Gasteiger partial charge in [0, 0.05) is 37.3 Å². The van der Waals surface area contributed by atoms with Gasteiger partial charge in [0.1, 0.15) is 0 Å². The largest absolute Gasteiger partial charge is 0.379 e. The van der Waals surface area contributed by atoms with Gasteiger partial charge in [0.05, 0.1) is 23.4 Å². The van der Waals surface area contributed by atoms with E-state index in [1.165, 1.54) is 0 Å². The molecule has 0 saturated carbocycles. The lowest BCUT2D eigenvalue weighted by Gasteiger charge is -2.27. The Morgan fingerprint density at radius 2 is 1.93 bits per heavy atom. The maximum atomic E-state index is 13.1. The highest BCUT2D eigenvalue weighted by molar-refractivity contribution is 7.22. The second-order valence-corrected chi connectivity index (χ2v) is 8.53. The van der Waals surface area contributed by atoms with Crippen molar-refractivity contribution < 1.29 is 9.53 Å². The fraction of sp³-hybridized carbons (Fsp3) is 0.304. The van der Waals surface area contributed by atoms with Crippen LogP contribution in [0, 0.1) is 0 Å². The van der Waals surface area contributed by atoms with Gasteiger partial charge in [-0.2, -0.15) is 0 Å². The fourth-order valence-corrected chi connectivity index (χ4v) is 4.61. The molecule has 1 amide bonds. The molecule has 1 aliphatic rings. The SMILES string of the molecule is O=C(/C=C/c1ccccc1Cl)N(CCCN1CCOCC1)c1nc2ccccc2s1. The summed E-state index contributed by atoms with van der Waals surface area (Å²) in [5, 5.41) is 1.35. The molecule has 0 radical (unpaired) electrons. The molecule has 0 atom stereocenters. The van der Waals surface area contributed by atoms with Gasteiger partial charge < -0.3 is 4.74 Å². The summed E-state index contributed by atoms with van der Waals surface area (Å²) in [5.41, 5.74) is 1.74. The fourth-order valence-electron chi connectivity index (χ4n) is 3.41. The zero-order chi connectivity index (χ0) is 20.8. The molecule has 0 spiro atoms. The molecule has 1 fully saturated rings. The Morgan fingerprint density at radius 3 is 2.73 bits per heavy atom. The van der Waals surface area contributed by atoms with Crippen molar-refractivity contribution in [3.63, 3.8) is 0 Å². The van der Waals surface area contributed by atoms with Gasteiger partial charge >= 0.3 is 0 Å². The highest BCUT2D eigenvalue weighted by Crippen LogP contribution is 2.29. The van der Waals surface area contributed by atoms with Crippen LogP contribution >= 0.6 is 22.9 Å². The first kappa shape index (κ1) is 21.0. The lowest BCUT2D eigenvalue weighted by molar-refractivity contribution is -0.114. The molecular weight excluding hydrogens is 418 g/mol. The van der Waals surface area contributed by atoms with Crippen molar-refractivity contribution in [2.75, 3.05) is 44.3 Å². The summed E-state index contributed by atoms with van der Waals surface area (Å²) in [7, 11) is 0. The minimum absolute atomic E-state index is 0.0871. The number of halogens is 1. The minimum Gasteiger partial charge on any atom is -0.379 e. The standard InChI is InChI=1S/C23H24ClN3O2S/c24-19-7-2-1-6-18(19)10-11-22(28)27(13-5-12-26-14-16-29-17-15-26)23-25-20-8-3-4-9-21(20)30-23/h1-4,6-11H,5,12-17H2/b11-10+. The quantitative estimate of drug-likeness (QED) is 0.498. The summed E-state index contributed by atoms with van der Waals surface area (Å²) >= 11 is 7.77. The Balaban J connectivity index is 1.51. The van der Waals surface area contributed by atoms with E-state index in [0.29, 0.717) is 11.6 Å². The number of nitrogens with zero attached hydrogens (tertiary/aromatic N) is 3. The Bertz CT molecular complexity index is 997. The van der Waals surface area contributed by atoms with Crippen LogP contribution in [0.25, 0.3) is 16.3 Å². The molecule has 5 nitrogen and oxygen atoms in total. The van der Waals surface area contributed by atoms with Crippen LogP contribution in [-0.4, -0.2) is 55.2 Å². The Labute approximate surface area is 185 Å². The number of anilines is 1. The number of carbonyl (C=O) groups is 1. The number of benzene rings is 2. The van der Waals surface area contributed by atoms with Crippen molar-refractivity contribution in [3.8, 4) is 0 Å². The van der Waals surface area contributed by atoms with Crippen LogP contribution in [0.1, 0.15) is 12.0 Å². The summed E-state index contributed by atoms with van der Waals surface area (Å²) in [6, 6.07) is 15.5. The number of ether oxygens (including phenoxy) is 1. The van der Waals surface area contributed by atoms with Crippen LogP contribution in [0.15, 0.2) is 54.6 Å². The van der Waals surface area contributed by atoms with Crippen molar-refractivity contribution in [2.45, 2.75) is 6.42 Å². The number of hydrogen-bond donors (Lipinski definition) is 0. The molecule has 1 saturated heterocycles. The number of aromatic nitrogens is 1. The molecule has 3 aromatic rings. The predicted octanol–water partition coefficient (Wildman–Crippen LogP) is 4.72. The van der Waals surface area contributed by atoms with E-state index < -0.39 is 0 Å². The van der Waals surface area contributed by atoms with E-state index in [4.69, 9.17) is 21.3 Å². The zero-order valence-electron chi connectivity index (χ0n) is 16.7. The highest BCUT2D eigenvalue weighted by atomic mass is 35.5. The Morgan fingerprint density at radius 1 is 1.17 bits per heavy atom. The molecule has 2 heterocycles. The lowest BCUT2D eigenvalue weighted by atomic mass is 10.2. The molecule has 1 aliphatic heterocycles. The summed E-state index contributed by atoms with van der Waals surface area (Å²) in [4.78, 5) is 22.0. The number of carbonyl (C=O) groups excluding carboxylic acids is 1. The van der Waals surface area contributed by atoms with Gasteiger partial charge in [-0.1, -0.05) is 53.3 Å². The molecule has 30 heavy (non-hydrogen) atoms. The maximum Gasteiger partial charge on any atom is 0.252 e. The van der Waals surface area contributed by atoms with Crippen LogP contribution < -0.4 is 4.90 Å². The minimum atomic E-state index is -0.0871. The van der Waals surface area contributed by atoms with Crippen molar-refractivity contribution in [1.82, 2.24) is 9.88 Å². The van der Waals surface area contributed by atoms with E-state index in [1.807, 2.05) is 48.5 Å². The Hall–Kier alpha value is -2.25. The molecule has 4 rings (SSSR count). The van der Waals surface area contributed by atoms with Crippen molar-refractivity contribution in [3.05, 3.63) is 65.2 Å². The molecule has 2 aromatic carbocycles. The molecule has 0 N–H and O–H groups in total. The van der Waals surface area contributed by atoms with E-state index in [2.05, 4.69) is 4.90 Å². The highest BCUT2D eigenvalue weighted by Gasteiger charge is 2.19. The summed E-state index contributed by atoms with van der Waals surface area (Å²) in [6.45, 7) is 5.00. The summed E-state index contributed by atoms with van der Waals surface area (Å²) < 4.78 is 6.49. The van der Waals surface area contributed by atoms with E-state index in [9.17, 15) is 4.79 Å². The average Bonchev–Trinajstić information content (AvgIpc) is 3.20. The van der Waals surface area contributed by atoms with E-state index in [-0.39, 0.29) is 5.91 Å². The van der Waals surface area contributed by atoms with Crippen LogP contribution in [-0.2, 0) is 9.53 Å². The van der Waals surface area contributed by atoms with Gasteiger partial charge in [-0.15, -0.1) is 0 Å². The number of thiazole rings is 1. The third-order valence-corrected chi connectivity index (χ3v) is 6.45. The first-order valence-electron chi connectivity index (χ1n) is 10.1. The van der Waals surface area contributed by atoms with Crippen LogP contribution in [0.2, 0.25) is 5.02 Å². The van der Waals surface area contributed by atoms with Crippen LogP contribution in [0.3, 0.4) is 0 Å². The molecular formula is C23H24ClN3O2S. The van der Waals surface area contributed by atoms with Gasteiger partial charge in [0.25, 0.3) is 5.91 Å². The molecule has 1 aromatic heterocycles. The van der Waals surface area contributed by atoms with E-state index in [1.54, 1.807) is 28.4 Å². The van der Waals surface area contributed by atoms with Crippen LogP contribution in [0.4, 0.5) is 5.13 Å². The average molecular weight is 442 g/mol. The molecule has 0 bridgehead atoms. The monoisotopic (exact) mass is 441 g/mol. The molecule has 7 heteroatoms. The number of hydrogen-bond acceptors (Lipinski definition) is 5. The predicted molar refractivity (Wildman–Crippen MR) is 124 cm³/mol. The van der Waals surface area contributed by atoms with Gasteiger partial charge in [-0.25, -0.2) is 4.98 Å². The number of para-hydroxylation sites is 1. The zero-order valence-corrected chi connectivity index (χ0v) is 18.2. The van der Waals surface area contributed by atoms with Crippen molar-refractivity contribution >= 4 is 50.3 Å². The second-order valence-electron chi connectivity index (χ2n) is 7.12. The van der Waals surface area contributed by atoms with Gasteiger partial charge in [0.2, 0.25) is 0 Å². The smallest absolute Gasteiger partial charge is 0.252 e. The summed E-state index contributed by atoms with van der Waals surface area (Å²) in [6.07, 6.45) is 4.23. The lowest BCUT2D eigenvalue weighted by Crippen LogP contribution is -2.39. The number of amides is 1. The first-order valence-corrected chi connectivity index (χ1v) is 11.3. The third kappa shape index (κ3) is 5.26. The third-order valence-electron chi connectivity index (χ3n) is 5.05. The number of morpholine rings is 1. The van der Waals surface area contributed by atoms with Gasteiger partial charge in [-0.05, 0) is 36.3 Å². The van der Waals surface area contributed by atoms with Crippen molar-refractivity contribution in [1.29, 1.82) is 0 Å².